The van der Waals surface area contributed by atoms with E-state index < -0.39 is 0 Å². The van der Waals surface area contributed by atoms with Gasteiger partial charge in [-0.25, -0.2) is 0 Å². The van der Waals surface area contributed by atoms with Crippen molar-refractivity contribution in [3.05, 3.63) is 0 Å². The summed E-state index contributed by atoms with van der Waals surface area (Å²) in [6.07, 6.45) is 3.62. The molecule has 1 nitrogen and oxygen atoms in total. The molecule has 0 bridgehead atoms. The molecule has 0 radical (unpaired) electrons. The maximum atomic E-state index is 5.65. The van der Waals surface area contributed by atoms with Crippen molar-refractivity contribution in [3.8, 4) is 0 Å². The second-order valence-electron chi connectivity index (χ2n) is 3.33. The molecule has 0 amide bonds. The Morgan fingerprint density at radius 1 is 1.31 bits per heavy atom. The standard InChI is InChI=1S/C10H21ClOS/c1-10(4-6-11)5-9-13-8-3-7-12-2/h10H,3-9H2,1-2H3. The summed E-state index contributed by atoms with van der Waals surface area (Å²) in [5.41, 5.74) is 0. The van der Waals surface area contributed by atoms with E-state index in [1.165, 1.54) is 24.3 Å². The molecule has 0 aliphatic carbocycles. The molecule has 0 spiro atoms. The fourth-order valence-corrected chi connectivity index (χ4v) is 2.49. The van der Waals surface area contributed by atoms with Crippen molar-refractivity contribution < 1.29 is 4.74 Å². The Morgan fingerprint density at radius 2 is 2.08 bits per heavy atom. The Bertz CT molecular complexity index is 101. The second-order valence-corrected chi connectivity index (χ2v) is 4.93. The maximum absolute atomic E-state index is 5.65. The molecular formula is C10H21ClOS. The highest BCUT2D eigenvalue weighted by atomic mass is 35.5. The predicted molar refractivity (Wildman–Crippen MR) is 62.9 cm³/mol. The van der Waals surface area contributed by atoms with E-state index in [0.29, 0.717) is 0 Å². The zero-order valence-electron chi connectivity index (χ0n) is 8.72. The van der Waals surface area contributed by atoms with Crippen LogP contribution in [-0.2, 0) is 4.74 Å². The first-order chi connectivity index (χ1) is 6.31. The third-order valence-electron chi connectivity index (χ3n) is 1.99. The predicted octanol–water partition coefficient (Wildman–Crippen LogP) is 3.41. The van der Waals surface area contributed by atoms with Gasteiger partial charge in [-0.3, -0.25) is 0 Å². The maximum Gasteiger partial charge on any atom is 0.0470 e. The lowest BCUT2D eigenvalue weighted by Crippen LogP contribution is -1.98. The molecular weight excluding hydrogens is 204 g/mol. The Hall–Kier alpha value is 0.600. The summed E-state index contributed by atoms with van der Waals surface area (Å²) < 4.78 is 4.98. The normalized spacial score (nSPS) is 13.2. The van der Waals surface area contributed by atoms with Crippen LogP contribution in [0.4, 0.5) is 0 Å². The van der Waals surface area contributed by atoms with Crippen LogP contribution in [0.15, 0.2) is 0 Å². The van der Waals surface area contributed by atoms with Crippen LogP contribution in [0.5, 0.6) is 0 Å². The Balaban J connectivity index is 2.97. The smallest absolute Gasteiger partial charge is 0.0470 e. The molecule has 0 aliphatic heterocycles. The van der Waals surface area contributed by atoms with Gasteiger partial charge in [0.25, 0.3) is 0 Å². The van der Waals surface area contributed by atoms with Crippen LogP contribution < -0.4 is 0 Å². The summed E-state index contributed by atoms with van der Waals surface area (Å²) in [6, 6.07) is 0. The zero-order chi connectivity index (χ0) is 9.94. The van der Waals surface area contributed by atoms with E-state index in [1.54, 1.807) is 7.11 Å². The van der Waals surface area contributed by atoms with Gasteiger partial charge in [-0.1, -0.05) is 6.92 Å². The lowest BCUT2D eigenvalue weighted by atomic mass is 10.1. The van der Waals surface area contributed by atoms with Gasteiger partial charge >= 0.3 is 0 Å². The van der Waals surface area contributed by atoms with Crippen LogP contribution >= 0.6 is 23.4 Å². The SMILES string of the molecule is COCCCSCCC(C)CCCl. The average molecular weight is 225 g/mol. The number of thioether (sulfide) groups is 1. The average Bonchev–Trinajstić information content (AvgIpc) is 2.11. The van der Waals surface area contributed by atoms with E-state index in [1.807, 2.05) is 11.8 Å². The molecule has 1 unspecified atom stereocenters. The summed E-state index contributed by atoms with van der Waals surface area (Å²) >= 11 is 7.68. The van der Waals surface area contributed by atoms with Crippen LogP contribution in [0.25, 0.3) is 0 Å². The van der Waals surface area contributed by atoms with Gasteiger partial charge in [0, 0.05) is 19.6 Å². The summed E-state index contributed by atoms with van der Waals surface area (Å²) in [6.45, 7) is 3.17. The third-order valence-corrected chi connectivity index (χ3v) is 3.31. The molecule has 0 aliphatic rings. The van der Waals surface area contributed by atoms with Gasteiger partial charge in [0.1, 0.15) is 0 Å². The van der Waals surface area contributed by atoms with E-state index in [9.17, 15) is 0 Å². The summed E-state index contributed by atoms with van der Waals surface area (Å²) in [5, 5.41) is 0. The van der Waals surface area contributed by atoms with Gasteiger partial charge in [0.05, 0.1) is 0 Å². The van der Waals surface area contributed by atoms with Gasteiger partial charge < -0.3 is 4.74 Å². The van der Waals surface area contributed by atoms with E-state index in [4.69, 9.17) is 16.3 Å². The quantitative estimate of drug-likeness (QED) is 0.439. The molecule has 80 valence electrons. The first-order valence-electron chi connectivity index (χ1n) is 4.94. The minimum Gasteiger partial charge on any atom is -0.385 e. The summed E-state index contributed by atoms with van der Waals surface area (Å²) in [4.78, 5) is 0. The highest BCUT2D eigenvalue weighted by molar-refractivity contribution is 7.99. The molecule has 0 fully saturated rings. The van der Waals surface area contributed by atoms with E-state index in [-0.39, 0.29) is 0 Å². The van der Waals surface area contributed by atoms with Crippen molar-refractivity contribution >= 4 is 23.4 Å². The van der Waals surface area contributed by atoms with Crippen LogP contribution in [0, 0.1) is 5.92 Å². The van der Waals surface area contributed by atoms with Gasteiger partial charge in [-0.05, 0) is 36.7 Å². The number of hydrogen-bond donors (Lipinski definition) is 0. The minimum absolute atomic E-state index is 0.785. The molecule has 0 saturated carbocycles. The molecule has 0 aromatic rings. The van der Waals surface area contributed by atoms with E-state index in [2.05, 4.69) is 6.92 Å². The Morgan fingerprint density at radius 3 is 2.69 bits per heavy atom. The number of ether oxygens (including phenoxy) is 1. The first-order valence-corrected chi connectivity index (χ1v) is 6.62. The number of rotatable bonds is 9. The van der Waals surface area contributed by atoms with E-state index >= 15 is 0 Å². The van der Waals surface area contributed by atoms with Crippen molar-refractivity contribution in [3.63, 3.8) is 0 Å². The van der Waals surface area contributed by atoms with Gasteiger partial charge in [-0.2, -0.15) is 11.8 Å². The minimum atomic E-state index is 0.785. The highest BCUT2D eigenvalue weighted by Gasteiger charge is 2.00. The molecule has 0 rings (SSSR count). The van der Waals surface area contributed by atoms with Crippen LogP contribution in [0.2, 0.25) is 0 Å². The van der Waals surface area contributed by atoms with Crippen molar-refractivity contribution in [1.82, 2.24) is 0 Å². The first kappa shape index (κ1) is 13.6. The Kier molecular flexibility index (Phi) is 11.2. The van der Waals surface area contributed by atoms with Crippen molar-refractivity contribution in [1.29, 1.82) is 0 Å². The highest BCUT2D eigenvalue weighted by Crippen LogP contribution is 2.13. The molecule has 1 atom stereocenters. The lowest BCUT2D eigenvalue weighted by Gasteiger charge is -2.08. The fourth-order valence-electron chi connectivity index (χ4n) is 1.02. The topological polar surface area (TPSA) is 9.23 Å². The second kappa shape index (κ2) is 10.7. The summed E-state index contributed by atoms with van der Waals surface area (Å²) in [5.74, 6) is 4.08. The van der Waals surface area contributed by atoms with Gasteiger partial charge in [-0.15, -0.1) is 11.6 Å². The molecule has 13 heavy (non-hydrogen) atoms. The lowest BCUT2D eigenvalue weighted by molar-refractivity contribution is 0.200. The number of alkyl halides is 1. The fraction of sp³-hybridized carbons (Fsp3) is 1.00. The largest absolute Gasteiger partial charge is 0.385 e. The summed E-state index contributed by atoms with van der Waals surface area (Å²) in [7, 11) is 1.76. The van der Waals surface area contributed by atoms with Crippen LogP contribution in [0.3, 0.4) is 0 Å². The number of halogens is 1. The van der Waals surface area contributed by atoms with Crippen LogP contribution in [0.1, 0.15) is 26.2 Å². The monoisotopic (exact) mass is 224 g/mol. The molecule has 0 aromatic heterocycles. The van der Waals surface area contributed by atoms with Crippen molar-refractivity contribution in [2.24, 2.45) is 5.92 Å². The molecule has 3 heteroatoms. The van der Waals surface area contributed by atoms with Crippen LogP contribution in [-0.4, -0.2) is 31.1 Å². The molecule has 0 saturated heterocycles. The van der Waals surface area contributed by atoms with E-state index in [0.717, 1.165) is 24.8 Å². The third kappa shape index (κ3) is 10.5. The molecule has 0 N–H and O–H groups in total. The molecule has 0 aromatic carbocycles. The Labute approximate surface area is 91.6 Å². The van der Waals surface area contributed by atoms with Crippen molar-refractivity contribution in [2.75, 3.05) is 31.1 Å². The van der Waals surface area contributed by atoms with Gasteiger partial charge in [0.2, 0.25) is 0 Å². The number of hydrogen-bond acceptors (Lipinski definition) is 2. The van der Waals surface area contributed by atoms with Gasteiger partial charge in [0.15, 0.2) is 0 Å². The molecule has 0 heterocycles. The van der Waals surface area contributed by atoms with Crippen molar-refractivity contribution in [2.45, 2.75) is 26.2 Å². The zero-order valence-corrected chi connectivity index (χ0v) is 10.3. The number of methoxy groups -OCH3 is 1.